The number of nitrogens with one attached hydrogen (secondary N) is 1. The number of ether oxygens (including phenoxy) is 2. The van der Waals surface area contributed by atoms with Gasteiger partial charge in [-0.05, 0) is 45.4 Å². The molecule has 2 heterocycles. The highest BCUT2D eigenvalue weighted by molar-refractivity contribution is 5.69. The van der Waals surface area contributed by atoms with Crippen molar-refractivity contribution in [3.63, 3.8) is 0 Å². The lowest BCUT2D eigenvalue weighted by Crippen LogP contribution is -2.43. The average Bonchev–Trinajstić information content (AvgIpc) is 2.84. The van der Waals surface area contributed by atoms with Crippen molar-refractivity contribution in [2.75, 3.05) is 26.3 Å². The van der Waals surface area contributed by atoms with Crippen LogP contribution in [0.25, 0.3) is 0 Å². The van der Waals surface area contributed by atoms with E-state index in [1.165, 1.54) is 6.42 Å². The molecule has 1 amide bonds. The lowest BCUT2D eigenvalue weighted by molar-refractivity contribution is 0.0263. The molecule has 0 bridgehead atoms. The van der Waals surface area contributed by atoms with Gasteiger partial charge in [-0.3, -0.25) is 0 Å². The molecule has 1 aliphatic carbocycles. The second-order valence-corrected chi connectivity index (χ2v) is 7.32. The third kappa shape index (κ3) is 3.09. The van der Waals surface area contributed by atoms with Gasteiger partial charge in [0.05, 0.1) is 6.61 Å². The van der Waals surface area contributed by atoms with Crippen molar-refractivity contribution in [3.8, 4) is 0 Å². The maximum atomic E-state index is 12.0. The van der Waals surface area contributed by atoms with Crippen LogP contribution < -0.4 is 5.32 Å². The van der Waals surface area contributed by atoms with Gasteiger partial charge < -0.3 is 19.7 Å². The number of amides is 1. The SMILES string of the molecule is CC(C)(C)OC(=O)N1CC2C(C1)C2NC1CCCOC1. The topological polar surface area (TPSA) is 50.8 Å². The summed E-state index contributed by atoms with van der Waals surface area (Å²) in [6.45, 7) is 9.16. The Morgan fingerprint density at radius 3 is 2.55 bits per heavy atom. The summed E-state index contributed by atoms with van der Waals surface area (Å²) >= 11 is 0. The van der Waals surface area contributed by atoms with E-state index in [0.29, 0.717) is 23.9 Å². The minimum absolute atomic E-state index is 0.163. The van der Waals surface area contributed by atoms with Crippen LogP contribution in [0.15, 0.2) is 0 Å². The Labute approximate surface area is 121 Å². The Morgan fingerprint density at radius 2 is 2.00 bits per heavy atom. The molecular weight excluding hydrogens is 256 g/mol. The van der Waals surface area contributed by atoms with E-state index < -0.39 is 5.60 Å². The largest absolute Gasteiger partial charge is 0.444 e. The molecule has 0 aromatic rings. The van der Waals surface area contributed by atoms with E-state index in [1.807, 2.05) is 25.7 Å². The van der Waals surface area contributed by atoms with Crippen molar-refractivity contribution in [1.82, 2.24) is 10.2 Å². The van der Waals surface area contributed by atoms with Gasteiger partial charge >= 0.3 is 6.09 Å². The molecule has 1 N–H and O–H groups in total. The maximum Gasteiger partial charge on any atom is 0.410 e. The van der Waals surface area contributed by atoms with Crippen molar-refractivity contribution in [3.05, 3.63) is 0 Å². The summed E-state index contributed by atoms with van der Waals surface area (Å²) in [7, 11) is 0. The highest BCUT2D eigenvalue weighted by Gasteiger charge is 2.57. The number of hydrogen-bond donors (Lipinski definition) is 1. The molecule has 0 aromatic heterocycles. The van der Waals surface area contributed by atoms with Crippen LogP contribution in [-0.4, -0.2) is 55.0 Å². The van der Waals surface area contributed by atoms with Crippen LogP contribution in [0.1, 0.15) is 33.6 Å². The number of likely N-dealkylation sites (tertiary alicyclic amines) is 1. The molecule has 3 rings (SSSR count). The van der Waals surface area contributed by atoms with Crippen molar-refractivity contribution in [2.24, 2.45) is 11.8 Å². The second-order valence-electron chi connectivity index (χ2n) is 7.32. The molecule has 5 heteroatoms. The molecule has 3 unspecified atom stereocenters. The van der Waals surface area contributed by atoms with Crippen LogP contribution in [0.5, 0.6) is 0 Å². The minimum atomic E-state index is -0.402. The number of carbonyl (C=O) groups excluding carboxylic acids is 1. The molecule has 5 nitrogen and oxygen atoms in total. The fraction of sp³-hybridized carbons (Fsp3) is 0.933. The molecule has 20 heavy (non-hydrogen) atoms. The number of piperidine rings is 1. The summed E-state index contributed by atoms with van der Waals surface area (Å²) < 4.78 is 10.9. The van der Waals surface area contributed by atoms with Crippen LogP contribution in [0.3, 0.4) is 0 Å². The van der Waals surface area contributed by atoms with Gasteiger partial charge in [-0.15, -0.1) is 0 Å². The molecule has 0 radical (unpaired) electrons. The predicted molar refractivity (Wildman–Crippen MR) is 75.6 cm³/mol. The van der Waals surface area contributed by atoms with E-state index in [-0.39, 0.29) is 6.09 Å². The highest BCUT2D eigenvalue weighted by Crippen LogP contribution is 2.46. The summed E-state index contributed by atoms with van der Waals surface area (Å²) in [6.07, 6.45) is 2.21. The lowest BCUT2D eigenvalue weighted by Gasteiger charge is -2.27. The zero-order chi connectivity index (χ0) is 14.3. The van der Waals surface area contributed by atoms with Crippen LogP contribution in [-0.2, 0) is 9.47 Å². The average molecular weight is 282 g/mol. The molecule has 3 aliphatic rings. The highest BCUT2D eigenvalue weighted by atomic mass is 16.6. The Morgan fingerprint density at radius 1 is 1.30 bits per heavy atom. The number of nitrogens with zero attached hydrogens (tertiary/aromatic N) is 1. The Bertz CT molecular complexity index is 362. The molecule has 2 saturated heterocycles. The zero-order valence-electron chi connectivity index (χ0n) is 12.7. The van der Waals surface area contributed by atoms with Gasteiger partial charge in [-0.1, -0.05) is 0 Å². The van der Waals surface area contributed by atoms with Gasteiger partial charge in [-0.2, -0.15) is 0 Å². The standard InChI is InChI=1S/C15H26N2O3/c1-15(2,3)20-14(18)17-7-11-12(8-17)13(11)16-10-5-4-6-19-9-10/h10-13,16H,4-9H2,1-3H3. The number of fused-ring (bicyclic) bond motifs is 1. The number of hydrogen-bond acceptors (Lipinski definition) is 4. The van der Waals surface area contributed by atoms with Gasteiger partial charge in [0.15, 0.2) is 0 Å². The van der Waals surface area contributed by atoms with E-state index in [2.05, 4.69) is 5.32 Å². The fourth-order valence-corrected chi connectivity index (χ4v) is 3.39. The normalized spacial score (nSPS) is 36.6. The van der Waals surface area contributed by atoms with Crippen molar-refractivity contribution < 1.29 is 14.3 Å². The summed E-state index contributed by atoms with van der Waals surface area (Å²) in [6, 6.07) is 1.09. The first-order valence-corrected chi connectivity index (χ1v) is 7.76. The molecule has 1 saturated carbocycles. The first kappa shape index (κ1) is 14.1. The van der Waals surface area contributed by atoms with Crippen molar-refractivity contribution >= 4 is 6.09 Å². The van der Waals surface area contributed by atoms with Gasteiger partial charge in [0.25, 0.3) is 0 Å². The van der Waals surface area contributed by atoms with Gasteiger partial charge in [0, 0.05) is 31.8 Å². The molecule has 3 atom stereocenters. The molecule has 0 aromatic carbocycles. The van der Waals surface area contributed by atoms with Crippen LogP contribution in [0, 0.1) is 11.8 Å². The summed E-state index contributed by atoms with van der Waals surface area (Å²) in [5.74, 6) is 1.23. The van der Waals surface area contributed by atoms with Gasteiger partial charge in [0.1, 0.15) is 5.60 Å². The minimum Gasteiger partial charge on any atom is -0.444 e. The Hall–Kier alpha value is -0.810. The third-order valence-electron chi connectivity index (χ3n) is 4.43. The maximum absolute atomic E-state index is 12.0. The molecule has 2 aliphatic heterocycles. The first-order valence-electron chi connectivity index (χ1n) is 7.76. The van der Waals surface area contributed by atoms with Crippen LogP contribution in [0.4, 0.5) is 4.79 Å². The van der Waals surface area contributed by atoms with Crippen molar-refractivity contribution in [2.45, 2.75) is 51.3 Å². The monoisotopic (exact) mass is 282 g/mol. The quantitative estimate of drug-likeness (QED) is 0.836. The zero-order valence-corrected chi connectivity index (χ0v) is 12.7. The molecule has 3 fully saturated rings. The Kier molecular flexibility index (Phi) is 3.67. The van der Waals surface area contributed by atoms with E-state index in [1.54, 1.807) is 0 Å². The van der Waals surface area contributed by atoms with Gasteiger partial charge in [0.2, 0.25) is 0 Å². The van der Waals surface area contributed by atoms with Crippen LogP contribution >= 0.6 is 0 Å². The molecular formula is C15H26N2O3. The van der Waals surface area contributed by atoms with Gasteiger partial charge in [-0.25, -0.2) is 4.79 Å². The van der Waals surface area contributed by atoms with E-state index in [0.717, 1.165) is 32.7 Å². The van der Waals surface area contributed by atoms with E-state index >= 15 is 0 Å². The summed E-state index contributed by atoms with van der Waals surface area (Å²) in [5.41, 5.74) is -0.402. The summed E-state index contributed by atoms with van der Waals surface area (Å²) in [5, 5.41) is 3.70. The molecule has 114 valence electrons. The van der Waals surface area contributed by atoms with Crippen molar-refractivity contribution in [1.29, 1.82) is 0 Å². The van der Waals surface area contributed by atoms with E-state index in [9.17, 15) is 4.79 Å². The second kappa shape index (κ2) is 5.19. The van der Waals surface area contributed by atoms with Crippen LogP contribution in [0.2, 0.25) is 0 Å². The third-order valence-corrected chi connectivity index (χ3v) is 4.43. The first-order chi connectivity index (χ1) is 9.44. The number of carbonyl (C=O) groups is 1. The van der Waals surface area contributed by atoms with E-state index in [4.69, 9.17) is 9.47 Å². The summed E-state index contributed by atoms with van der Waals surface area (Å²) in [4.78, 5) is 13.8. The molecule has 0 spiro atoms. The fourth-order valence-electron chi connectivity index (χ4n) is 3.39. The predicted octanol–water partition coefficient (Wildman–Crippen LogP) is 1.62. The number of rotatable bonds is 2. The Balaban J connectivity index is 1.42. The smallest absolute Gasteiger partial charge is 0.410 e. The lowest BCUT2D eigenvalue weighted by atomic mass is 10.1.